The van der Waals surface area contributed by atoms with Crippen molar-refractivity contribution in [2.45, 2.75) is 39.2 Å². The molecule has 1 aromatic heterocycles. The van der Waals surface area contributed by atoms with Crippen molar-refractivity contribution in [2.24, 2.45) is 11.8 Å². The predicted molar refractivity (Wildman–Crippen MR) is 75.3 cm³/mol. The number of rotatable bonds is 2. The van der Waals surface area contributed by atoms with Crippen LogP contribution in [0.25, 0.3) is 11.0 Å². The summed E-state index contributed by atoms with van der Waals surface area (Å²) in [4.78, 5) is 4.44. The monoisotopic (exact) mass is 243 g/mol. The number of nitrogen functional groups attached to an aromatic ring is 1. The lowest BCUT2D eigenvalue weighted by Gasteiger charge is -2.29. The SMILES string of the molecule is CC1CCCCC1Cn1c(N)nc2ccccc21. The van der Waals surface area contributed by atoms with Crippen molar-refractivity contribution in [3.63, 3.8) is 0 Å². The van der Waals surface area contributed by atoms with Crippen molar-refractivity contribution in [1.29, 1.82) is 0 Å². The van der Waals surface area contributed by atoms with E-state index in [1.54, 1.807) is 0 Å². The van der Waals surface area contributed by atoms with Gasteiger partial charge in [0.05, 0.1) is 11.0 Å². The number of para-hydroxylation sites is 2. The van der Waals surface area contributed by atoms with E-state index >= 15 is 0 Å². The minimum Gasteiger partial charge on any atom is -0.369 e. The number of hydrogen-bond donors (Lipinski definition) is 1. The second kappa shape index (κ2) is 4.63. The zero-order valence-electron chi connectivity index (χ0n) is 11.0. The first-order valence-corrected chi connectivity index (χ1v) is 6.96. The Labute approximate surface area is 108 Å². The zero-order chi connectivity index (χ0) is 12.5. The largest absolute Gasteiger partial charge is 0.369 e. The third-order valence-corrected chi connectivity index (χ3v) is 4.39. The molecule has 1 saturated carbocycles. The summed E-state index contributed by atoms with van der Waals surface area (Å²) in [6.07, 6.45) is 5.43. The van der Waals surface area contributed by atoms with Crippen LogP contribution < -0.4 is 5.73 Å². The Bertz CT molecular complexity index is 544. The zero-order valence-corrected chi connectivity index (χ0v) is 11.0. The number of hydrogen-bond acceptors (Lipinski definition) is 2. The van der Waals surface area contributed by atoms with E-state index in [1.807, 2.05) is 12.1 Å². The molecule has 0 bridgehead atoms. The van der Waals surface area contributed by atoms with Gasteiger partial charge in [-0.3, -0.25) is 0 Å². The fourth-order valence-electron chi connectivity index (χ4n) is 3.18. The third kappa shape index (κ3) is 1.98. The smallest absolute Gasteiger partial charge is 0.201 e. The summed E-state index contributed by atoms with van der Waals surface area (Å²) in [7, 11) is 0. The van der Waals surface area contributed by atoms with Crippen LogP contribution in [0, 0.1) is 11.8 Å². The van der Waals surface area contributed by atoms with Gasteiger partial charge in [-0.15, -0.1) is 0 Å². The average Bonchev–Trinajstić information content (AvgIpc) is 2.69. The molecule has 2 aromatic rings. The van der Waals surface area contributed by atoms with E-state index in [4.69, 9.17) is 5.73 Å². The maximum absolute atomic E-state index is 6.07. The molecule has 96 valence electrons. The quantitative estimate of drug-likeness (QED) is 0.878. The van der Waals surface area contributed by atoms with Gasteiger partial charge in [0.1, 0.15) is 0 Å². The summed E-state index contributed by atoms with van der Waals surface area (Å²) in [5.41, 5.74) is 8.25. The van der Waals surface area contributed by atoms with Crippen LogP contribution in [0.4, 0.5) is 5.95 Å². The van der Waals surface area contributed by atoms with Crippen LogP contribution in [0.1, 0.15) is 32.6 Å². The van der Waals surface area contributed by atoms with Crippen molar-refractivity contribution in [1.82, 2.24) is 9.55 Å². The molecular formula is C15H21N3. The molecule has 0 aliphatic heterocycles. The summed E-state index contributed by atoms with van der Waals surface area (Å²) in [5, 5.41) is 0. The van der Waals surface area contributed by atoms with Gasteiger partial charge in [-0.1, -0.05) is 38.3 Å². The predicted octanol–water partition coefficient (Wildman–Crippen LogP) is 3.44. The standard InChI is InChI=1S/C15H21N3/c1-11-6-2-3-7-12(11)10-18-14-9-5-4-8-13(14)17-15(18)16/h4-5,8-9,11-12H,2-3,6-7,10H2,1H3,(H2,16,17). The highest BCUT2D eigenvalue weighted by molar-refractivity contribution is 5.78. The fraction of sp³-hybridized carbons (Fsp3) is 0.533. The first kappa shape index (κ1) is 11.6. The Morgan fingerprint density at radius 1 is 1.28 bits per heavy atom. The van der Waals surface area contributed by atoms with E-state index in [-0.39, 0.29) is 0 Å². The maximum atomic E-state index is 6.07. The average molecular weight is 243 g/mol. The van der Waals surface area contributed by atoms with Crippen molar-refractivity contribution < 1.29 is 0 Å². The molecule has 2 unspecified atom stereocenters. The number of nitrogens with two attached hydrogens (primary N) is 1. The Hall–Kier alpha value is -1.51. The Balaban J connectivity index is 1.92. The summed E-state index contributed by atoms with van der Waals surface area (Å²) >= 11 is 0. The number of anilines is 1. The van der Waals surface area contributed by atoms with Crippen molar-refractivity contribution in [3.8, 4) is 0 Å². The lowest BCUT2D eigenvalue weighted by atomic mass is 9.80. The topological polar surface area (TPSA) is 43.8 Å². The van der Waals surface area contributed by atoms with Crippen LogP contribution >= 0.6 is 0 Å². The van der Waals surface area contributed by atoms with Gasteiger partial charge in [0.15, 0.2) is 0 Å². The van der Waals surface area contributed by atoms with Crippen LogP contribution in [0.2, 0.25) is 0 Å². The number of nitrogens with zero attached hydrogens (tertiary/aromatic N) is 2. The highest BCUT2D eigenvalue weighted by Gasteiger charge is 2.23. The van der Waals surface area contributed by atoms with Gasteiger partial charge in [0.25, 0.3) is 0 Å². The second-order valence-electron chi connectivity index (χ2n) is 5.59. The maximum Gasteiger partial charge on any atom is 0.201 e. The normalized spacial score (nSPS) is 24.5. The molecule has 3 rings (SSSR count). The van der Waals surface area contributed by atoms with Gasteiger partial charge in [-0.25, -0.2) is 4.98 Å². The van der Waals surface area contributed by atoms with E-state index in [2.05, 4.69) is 28.6 Å². The van der Waals surface area contributed by atoms with Crippen molar-refractivity contribution in [2.75, 3.05) is 5.73 Å². The molecule has 1 aliphatic carbocycles. The molecule has 2 atom stereocenters. The summed E-state index contributed by atoms with van der Waals surface area (Å²) in [5.74, 6) is 2.21. The minimum atomic E-state index is 0.661. The van der Waals surface area contributed by atoms with Gasteiger partial charge in [-0.2, -0.15) is 0 Å². The highest BCUT2D eigenvalue weighted by atomic mass is 15.2. The lowest BCUT2D eigenvalue weighted by Crippen LogP contribution is -2.22. The molecule has 0 amide bonds. The van der Waals surface area contributed by atoms with Crippen molar-refractivity contribution in [3.05, 3.63) is 24.3 Å². The van der Waals surface area contributed by atoms with Gasteiger partial charge in [0, 0.05) is 6.54 Å². The van der Waals surface area contributed by atoms with Gasteiger partial charge in [0.2, 0.25) is 5.95 Å². The Morgan fingerprint density at radius 2 is 2.06 bits per heavy atom. The van der Waals surface area contributed by atoms with Crippen LogP contribution in [0.15, 0.2) is 24.3 Å². The Morgan fingerprint density at radius 3 is 2.89 bits per heavy atom. The van der Waals surface area contributed by atoms with Crippen LogP contribution in [0.3, 0.4) is 0 Å². The van der Waals surface area contributed by atoms with E-state index in [1.165, 1.54) is 31.2 Å². The number of aromatic nitrogens is 2. The van der Waals surface area contributed by atoms with E-state index < -0.39 is 0 Å². The molecule has 0 spiro atoms. The lowest BCUT2D eigenvalue weighted by molar-refractivity contribution is 0.231. The third-order valence-electron chi connectivity index (χ3n) is 4.39. The first-order chi connectivity index (χ1) is 8.75. The van der Waals surface area contributed by atoms with Gasteiger partial charge >= 0.3 is 0 Å². The first-order valence-electron chi connectivity index (χ1n) is 6.96. The highest BCUT2D eigenvalue weighted by Crippen LogP contribution is 2.32. The van der Waals surface area contributed by atoms with Crippen LogP contribution in [-0.2, 0) is 6.54 Å². The molecule has 1 aliphatic rings. The second-order valence-corrected chi connectivity index (χ2v) is 5.59. The van der Waals surface area contributed by atoms with Crippen molar-refractivity contribution >= 4 is 17.0 Å². The van der Waals surface area contributed by atoms with Crippen LogP contribution in [0.5, 0.6) is 0 Å². The molecule has 3 heteroatoms. The van der Waals surface area contributed by atoms with Gasteiger partial charge in [-0.05, 0) is 30.4 Å². The Kier molecular flexibility index (Phi) is 2.98. The number of fused-ring (bicyclic) bond motifs is 1. The van der Waals surface area contributed by atoms with Crippen LogP contribution in [-0.4, -0.2) is 9.55 Å². The molecule has 18 heavy (non-hydrogen) atoms. The van der Waals surface area contributed by atoms with Gasteiger partial charge < -0.3 is 10.3 Å². The van der Waals surface area contributed by atoms with E-state index in [0.29, 0.717) is 5.95 Å². The fourth-order valence-corrected chi connectivity index (χ4v) is 3.18. The van der Waals surface area contributed by atoms with E-state index in [9.17, 15) is 0 Å². The molecule has 3 nitrogen and oxygen atoms in total. The molecule has 1 heterocycles. The summed E-state index contributed by atoms with van der Waals surface area (Å²) in [6, 6.07) is 8.23. The minimum absolute atomic E-state index is 0.661. The molecule has 0 saturated heterocycles. The molecule has 1 fully saturated rings. The summed E-state index contributed by atoms with van der Waals surface area (Å²) in [6.45, 7) is 3.40. The molecular weight excluding hydrogens is 222 g/mol. The molecule has 1 aromatic carbocycles. The molecule has 0 radical (unpaired) electrons. The number of benzene rings is 1. The van der Waals surface area contributed by atoms with E-state index in [0.717, 1.165) is 23.9 Å². The molecule has 2 N–H and O–H groups in total. The summed E-state index contributed by atoms with van der Waals surface area (Å²) < 4.78 is 2.20. The number of imidazole rings is 1.